The van der Waals surface area contributed by atoms with Crippen LogP contribution < -0.4 is 0 Å². The van der Waals surface area contributed by atoms with Gasteiger partial charge < -0.3 is 5.11 Å². The smallest absolute Gasteiger partial charge is 0.383 e. The van der Waals surface area contributed by atoms with Crippen molar-refractivity contribution in [1.82, 2.24) is 10.2 Å². The monoisotopic (exact) mass is 321 g/mol. The molecule has 1 aromatic heterocycles. The van der Waals surface area contributed by atoms with Crippen LogP contribution >= 0.6 is 11.6 Å². The summed E-state index contributed by atoms with van der Waals surface area (Å²) in [6.45, 7) is 0. The van der Waals surface area contributed by atoms with Crippen LogP contribution in [0.5, 0.6) is 0 Å². The number of nitro groups is 1. The van der Waals surface area contributed by atoms with E-state index >= 15 is 0 Å². The standard InChI is InChI=1S/C11H7ClF3N3O3/c12-5-1-2-6(8(3-5)18(20)21)9(19)7-4-16-17-10(7)11(13,14)15/h1-4,9,19H,(H,16,17). The number of benzene rings is 1. The number of nitrogens with one attached hydrogen (secondary N) is 1. The number of aromatic amines is 1. The van der Waals surface area contributed by atoms with E-state index in [1.54, 1.807) is 5.10 Å². The molecule has 1 heterocycles. The number of hydrogen-bond acceptors (Lipinski definition) is 4. The van der Waals surface area contributed by atoms with Gasteiger partial charge in [0.15, 0.2) is 0 Å². The Balaban J connectivity index is 2.54. The molecule has 0 amide bonds. The van der Waals surface area contributed by atoms with E-state index in [0.717, 1.165) is 18.3 Å². The van der Waals surface area contributed by atoms with Crippen molar-refractivity contribution in [3.63, 3.8) is 0 Å². The second-order valence-electron chi connectivity index (χ2n) is 4.06. The number of alkyl halides is 3. The van der Waals surface area contributed by atoms with Crippen molar-refractivity contribution in [3.05, 3.63) is 56.4 Å². The largest absolute Gasteiger partial charge is 0.433 e. The number of rotatable bonds is 3. The summed E-state index contributed by atoms with van der Waals surface area (Å²) in [6, 6.07) is 3.28. The lowest BCUT2D eigenvalue weighted by Gasteiger charge is -2.13. The second-order valence-corrected chi connectivity index (χ2v) is 4.50. The molecule has 1 unspecified atom stereocenters. The molecule has 0 aliphatic heterocycles. The molecule has 2 aromatic rings. The first-order chi connectivity index (χ1) is 9.71. The first-order valence-electron chi connectivity index (χ1n) is 5.44. The van der Waals surface area contributed by atoms with E-state index < -0.39 is 34.1 Å². The molecule has 0 fully saturated rings. The van der Waals surface area contributed by atoms with Gasteiger partial charge in [0, 0.05) is 16.7 Å². The number of nitro benzene ring substituents is 1. The Labute approximate surface area is 120 Å². The Kier molecular flexibility index (Phi) is 3.88. The summed E-state index contributed by atoms with van der Waals surface area (Å²) in [7, 11) is 0. The van der Waals surface area contributed by atoms with Gasteiger partial charge in [-0.3, -0.25) is 15.2 Å². The Bertz CT molecular complexity index is 687. The number of aliphatic hydroxyl groups is 1. The fourth-order valence-electron chi connectivity index (χ4n) is 1.80. The molecular formula is C11H7ClF3N3O3. The van der Waals surface area contributed by atoms with Gasteiger partial charge in [-0.2, -0.15) is 18.3 Å². The molecule has 6 nitrogen and oxygen atoms in total. The third kappa shape index (κ3) is 2.98. The highest BCUT2D eigenvalue weighted by Crippen LogP contribution is 2.37. The third-order valence-corrected chi connectivity index (χ3v) is 2.97. The minimum absolute atomic E-state index is 0.0286. The summed E-state index contributed by atoms with van der Waals surface area (Å²) < 4.78 is 38.2. The van der Waals surface area contributed by atoms with Gasteiger partial charge in [-0.15, -0.1) is 0 Å². The Hall–Kier alpha value is -2.13. The van der Waals surface area contributed by atoms with Gasteiger partial charge in [0.2, 0.25) is 0 Å². The zero-order valence-electron chi connectivity index (χ0n) is 10.1. The van der Waals surface area contributed by atoms with Gasteiger partial charge >= 0.3 is 6.18 Å². The molecule has 0 spiro atoms. The Morgan fingerprint density at radius 3 is 2.62 bits per heavy atom. The van der Waals surface area contributed by atoms with Crippen molar-refractivity contribution in [2.24, 2.45) is 0 Å². The molecule has 2 N–H and O–H groups in total. The van der Waals surface area contributed by atoms with Crippen molar-refractivity contribution < 1.29 is 23.2 Å². The molecule has 0 bridgehead atoms. The van der Waals surface area contributed by atoms with Gasteiger partial charge in [-0.25, -0.2) is 0 Å². The predicted octanol–water partition coefficient (Wildman–Crippen LogP) is 3.07. The lowest BCUT2D eigenvalue weighted by atomic mass is 10.0. The van der Waals surface area contributed by atoms with Crippen LogP contribution in [-0.2, 0) is 6.18 Å². The normalized spacial score (nSPS) is 13.2. The van der Waals surface area contributed by atoms with E-state index in [-0.39, 0.29) is 10.6 Å². The van der Waals surface area contributed by atoms with Gasteiger partial charge in [-0.05, 0) is 12.1 Å². The zero-order valence-corrected chi connectivity index (χ0v) is 10.8. The van der Waals surface area contributed by atoms with Crippen LogP contribution in [0.15, 0.2) is 24.4 Å². The number of hydrogen-bond donors (Lipinski definition) is 2. The topological polar surface area (TPSA) is 92.1 Å². The Morgan fingerprint density at radius 2 is 2.05 bits per heavy atom. The molecule has 0 saturated heterocycles. The SMILES string of the molecule is O=[N+]([O-])c1cc(Cl)ccc1C(O)c1cn[nH]c1C(F)(F)F. The van der Waals surface area contributed by atoms with E-state index in [4.69, 9.17) is 11.6 Å². The third-order valence-electron chi connectivity index (χ3n) is 2.73. The lowest BCUT2D eigenvalue weighted by Crippen LogP contribution is -2.12. The van der Waals surface area contributed by atoms with Crippen LogP contribution in [0.4, 0.5) is 18.9 Å². The number of H-pyrrole nitrogens is 1. The first kappa shape index (κ1) is 15.3. The maximum atomic E-state index is 12.7. The lowest BCUT2D eigenvalue weighted by molar-refractivity contribution is -0.386. The average molecular weight is 322 g/mol. The average Bonchev–Trinajstić information content (AvgIpc) is 2.86. The van der Waals surface area contributed by atoms with Gasteiger partial charge in [-0.1, -0.05) is 11.6 Å². The van der Waals surface area contributed by atoms with Gasteiger partial charge in [0.25, 0.3) is 5.69 Å². The number of halogens is 4. The van der Waals surface area contributed by atoms with Crippen LogP contribution in [0.3, 0.4) is 0 Å². The van der Waals surface area contributed by atoms with Crippen molar-refractivity contribution in [2.45, 2.75) is 12.3 Å². The molecule has 21 heavy (non-hydrogen) atoms. The van der Waals surface area contributed by atoms with Crippen LogP contribution in [-0.4, -0.2) is 20.2 Å². The van der Waals surface area contributed by atoms with Crippen molar-refractivity contribution in [3.8, 4) is 0 Å². The fourth-order valence-corrected chi connectivity index (χ4v) is 1.97. The molecule has 0 aliphatic rings. The highest BCUT2D eigenvalue weighted by Gasteiger charge is 2.38. The summed E-state index contributed by atoms with van der Waals surface area (Å²) in [6.07, 6.45) is -5.86. The quantitative estimate of drug-likeness (QED) is 0.671. The summed E-state index contributed by atoms with van der Waals surface area (Å²) in [5.41, 5.74) is -2.76. The van der Waals surface area contributed by atoms with Crippen molar-refractivity contribution in [2.75, 3.05) is 0 Å². The molecule has 112 valence electrons. The van der Waals surface area contributed by atoms with E-state index in [1.807, 2.05) is 0 Å². The first-order valence-corrected chi connectivity index (χ1v) is 5.82. The predicted molar refractivity (Wildman–Crippen MR) is 65.8 cm³/mol. The minimum Gasteiger partial charge on any atom is -0.383 e. The second kappa shape index (κ2) is 5.34. The highest BCUT2D eigenvalue weighted by molar-refractivity contribution is 6.30. The van der Waals surface area contributed by atoms with E-state index in [2.05, 4.69) is 5.10 Å². The maximum Gasteiger partial charge on any atom is 0.433 e. The Morgan fingerprint density at radius 1 is 1.38 bits per heavy atom. The maximum absolute atomic E-state index is 12.7. The van der Waals surface area contributed by atoms with Crippen molar-refractivity contribution in [1.29, 1.82) is 0 Å². The summed E-state index contributed by atoms with van der Waals surface area (Å²) in [5, 5.41) is 25.9. The molecular weight excluding hydrogens is 315 g/mol. The summed E-state index contributed by atoms with van der Waals surface area (Å²) in [4.78, 5) is 10.1. The highest BCUT2D eigenvalue weighted by atomic mass is 35.5. The number of aliphatic hydroxyl groups excluding tert-OH is 1. The molecule has 0 aliphatic carbocycles. The van der Waals surface area contributed by atoms with Crippen LogP contribution in [0.2, 0.25) is 5.02 Å². The summed E-state index contributed by atoms with van der Waals surface area (Å²) in [5.74, 6) is 0. The van der Waals surface area contributed by atoms with Gasteiger partial charge in [0.05, 0.1) is 16.7 Å². The zero-order chi connectivity index (χ0) is 15.8. The van der Waals surface area contributed by atoms with E-state index in [9.17, 15) is 28.4 Å². The van der Waals surface area contributed by atoms with E-state index in [0.29, 0.717) is 0 Å². The van der Waals surface area contributed by atoms with Crippen LogP contribution in [0.25, 0.3) is 0 Å². The molecule has 1 aromatic carbocycles. The number of nitrogens with zero attached hydrogens (tertiary/aromatic N) is 2. The molecule has 0 saturated carbocycles. The fraction of sp³-hybridized carbons (Fsp3) is 0.182. The summed E-state index contributed by atoms with van der Waals surface area (Å²) >= 11 is 5.61. The molecule has 1 atom stereocenters. The van der Waals surface area contributed by atoms with Crippen LogP contribution in [0, 0.1) is 10.1 Å². The van der Waals surface area contributed by atoms with Gasteiger partial charge in [0.1, 0.15) is 11.8 Å². The van der Waals surface area contributed by atoms with Crippen LogP contribution in [0.1, 0.15) is 22.9 Å². The molecule has 2 rings (SSSR count). The van der Waals surface area contributed by atoms with Crippen molar-refractivity contribution >= 4 is 17.3 Å². The molecule has 0 radical (unpaired) electrons. The molecule has 10 heteroatoms. The minimum atomic E-state index is -4.77. The van der Waals surface area contributed by atoms with E-state index in [1.165, 1.54) is 6.07 Å². The number of aromatic nitrogens is 2.